The smallest absolute Gasteiger partial charge is 0.245 e. The van der Waals surface area contributed by atoms with Crippen LogP contribution in [0, 0.1) is 0 Å². The number of aromatic amines is 1. The first-order valence-electron chi connectivity index (χ1n) is 4.56. The second-order valence-corrected chi connectivity index (χ2v) is 5.83. The van der Waals surface area contributed by atoms with Crippen LogP contribution in [0.3, 0.4) is 0 Å². The van der Waals surface area contributed by atoms with E-state index in [1.165, 1.54) is 24.5 Å². The van der Waals surface area contributed by atoms with Crippen LogP contribution in [0.4, 0.5) is 0 Å². The van der Waals surface area contributed by atoms with Crippen LogP contribution in [0.15, 0.2) is 33.9 Å². The molecule has 7 heteroatoms. The molecule has 0 aliphatic carbocycles. The number of halogens is 1. The Kier molecular flexibility index (Phi) is 2.84. The van der Waals surface area contributed by atoms with Crippen molar-refractivity contribution in [3.05, 3.63) is 40.9 Å². The van der Waals surface area contributed by atoms with Gasteiger partial charge in [-0.3, -0.25) is 4.79 Å². The maximum absolute atomic E-state index is 11.9. The van der Waals surface area contributed by atoms with Crippen LogP contribution < -0.4 is 0 Å². The van der Waals surface area contributed by atoms with Crippen molar-refractivity contribution in [2.45, 2.75) is 5.03 Å². The lowest BCUT2D eigenvalue weighted by Crippen LogP contribution is -2.03. The highest BCUT2D eigenvalue weighted by molar-refractivity contribution is 7.90. The van der Waals surface area contributed by atoms with E-state index >= 15 is 0 Å². The fraction of sp³-hybridized carbons (Fsp3) is 0.100. The highest BCUT2D eigenvalue weighted by atomic mass is 35.5. The summed E-state index contributed by atoms with van der Waals surface area (Å²) >= 11 is 5.73. The van der Waals surface area contributed by atoms with Gasteiger partial charge in [0.2, 0.25) is 5.78 Å². The van der Waals surface area contributed by atoms with Gasteiger partial charge in [-0.05, 0) is 18.2 Å². The minimum atomic E-state index is -3.37. The minimum Gasteiger partial charge on any atom is -0.459 e. The van der Waals surface area contributed by atoms with Gasteiger partial charge in [0.25, 0.3) is 0 Å². The zero-order chi connectivity index (χ0) is 12.6. The van der Waals surface area contributed by atoms with E-state index in [0.717, 1.165) is 6.26 Å². The molecule has 0 bridgehead atoms. The maximum atomic E-state index is 11.9. The number of carbonyl (C=O) groups excluding carboxylic acids is 1. The van der Waals surface area contributed by atoms with E-state index in [2.05, 4.69) is 4.98 Å². The predicted octanol–water partition coefficient (Wildman–Crippen LogP) is 1.90. The number of H-pyrrole nitrogens is 1. The van der Waals surface area contributed by atoms with Gasteiger partial charge < -0.3 is 9.40 Å². The van der Waals surface area contributed by atoms with Crippen molar-refractivity contribution in [3.63, 3.8) is 0 Å². The summed E-state index contributed by atoms with van der Waals surface area (Å²) in [4.78, 5) is 14.4. The van der Waals surface area contributed by atoms with Gasteiger partial charge in [0.05, 0.1) is 17.0 Å². The van der Waals surface area contributed by atoms with E-state index in [1.807, 2.05) is 0 Å². The van der Waals surface area contributed by atoms with Crippen LogP contribution in [0.25, 0.3) is 0 Å². The number of aromatic nitrogens is 1. The second-order valence-electron chi connectivity index (χ2n) is 3.44. The summed E-state index contributed by atoms with van der Waals surface area (Å²) in [7, 11) is -3.37. The molecular weight excluding hydrogens is 266 g/mol. The summed E-state index contributed by atoms with van der Waals surface area (Å²) < 4.78 is 27.4. The molecule has 1 N–H and O–H groups in total. The van der Waals surface area contributed by atoms with Gasteiger partial charge in [-0.25, -0.2) is 8.42 Å². The highest BCUT2D eigenvalue weighted by Gasteiger charge is 2.19. The van der Waals surface area contributed by atoms with Gasteiger partial charge in [-0.15, -0.1) is 0 Å². The maximum Gasteiger partial charge on any atom is 0.245 e. The molecule has 0 fully saturated rings. The molecule has 17 heavy (non-hydrogen) atoms. The van der Waals surface area contributed by atoms with Crippen LogP contribution in [-0.2, 0) is 9.84 Å². The molecule has 5 nitrogen and oxygen atoms in total. The van der Waals surface area contributed by atoms with Crippen molar-refractivity contribution < 1.29 is 17.6 Å². The summed E-state index contributed by atoms with van der Waals surface area (Å²) in [6, 6.07) is 4.13. The van der Waals surface area contributed by atoms with E-state index in [0.29, 0.717) is 0 Å². The molecule has 90 valence electrons. The fourth-order valence-corrected chi connectivity index (χ4v) is 2.09. The molecule has 0 saturated heterocycles. The summed E-state index contributed by atoms with van der Waals surface area (Å²) in [6.07, 6.45) is 2.34. The number of furan rings is 1. The Labute approximate surface area is 102 Å². The average molecular weight is 274 g/mol. The number of hydrogen-bond donors (Lipinski definition) is 1. The monoisotopic (exact) mass is 273 g/mol. The van der Waals surface area contributed by atoms with E-state index in [-0.39, 0.29) is 21.5 Å². The lowest BCUT2D eigenvalue weighted by atomic mass is 10.2. The van der Waals surface area contributed by atoms with E-state index in [9.17, 15) is 13.2 Å². The largest absolute Gasteiger partial charge is 0.459 e. The van der Waals surface area contributed by atoms with Crippen LogP contribution in [0.5, 0.6) is 0 Å². The summed E-state index contributed by atoms with van der Waals surface area (Å²) in [5.41, 5.74) is 0.113. The van der Waals surface area contributed by atoms with Crippen molar-refractivity contribution in [2.75, 3.05) is 6.26 Å². The van der Waals surface area contributed by atoms with E-state index in [4.69, 9.17) is 16.0 Å². The van der Waals surface area contributed by atoms with E-state index < -0.39 is 15.6 Å². The van der Waals surface area contributed by atoms with Crippen molar-refractivity contribution in [1.82, 2.24) is 4.98 Å². The van der Waals surface area contributed by atoms with Crippen LogP contribution in [0.2, 0.25) is 5.02 Å². The SMILES string of the molecule is CS(=O)(=O)c1ccc(C(=O)c2occc2Cl)[nH]1. The Hall–Kier alpha value is -1.53. The first-order chi connectivity index (χ1) is 7.89. The Balaban J connectivity index is 2.40. The Morgan fingerprint density at radius 1 is 1.35 bits per heavy atom. The molecule has 0 aliphatic heterocycles. The molecule has 0 radical (unpaired) electrons. The van der Waals surface area contributed by atoms with Gasteiger partial charge in [0.15, 0.2) is 15.6 Å². The van der Waals surface area contributed by atoms with Crippen molar-refractivity contribution in [1.29, 1.82) is 0 Å². The number of nitrogens with one attached hydrogen (secondary N) is 1. The number of rotatable bonds is 3. The zero-order valence-corrected chi connectivity index (χ0v) is 10.3. The quantitative estimate of drug-likeness (QED) is 0.866. The Morgan fingerprint density at radius 2 is 2.06 bits per heavy atom. The third kappa shape index (κ3) is 2.27. The lowest BCUT2D eigenvalue weighted by Gasteiger charge is -1.95. The highest BCUT2D eigenvalue weighted by Crippen LogP contribution is 2.20. The molecule has 0 amide bonds. The number of sulfone groups is 1. The normalized spacial score (nSPS) is 11.6. The van der Waals surface area contributed by atoms with Gasteiger partial charge in [-0.2, -0.15) is 0 Å². The molecule has 0 atom stereocenters. The van der Waals surface area contributed by atoms with E-state index in [1.54, 1.807) is 0 Å². The third-order valence-electron chi connectivity index (χ3n) is 2.13. The summed E-state index contributed by atoms with van der Waals surface area (Å²) in [5.74, 6) is -0.511. The molecule has 0 spiro atoms. The minimum absolute atomic E-state index is 0.0198. The zero-order valence-electron chi connectivity index (χ0n) is 8.73. The fourth-order valence-electron chi connectivity index (χ4n) is 1.30. The number of hydrogen-bond acceptors (Lipinski definition) is 4. The van der Waals surface area contributed by atoms with Crippen LogP contribution >= 0.6 is 11.6 Å². The summed E-state index contributed by atoms with van der Waals surface area (Å²) in [6.45, 7) is 0. The van der Waals surface area contributed by atoms with Crippen molar-refractivity contribution >= 4 is 27.2 Å². The lowest BCUT2D eigenvalue weighted by molar-refractivity contribution is 0.100. The molecule has 2 rings (SSSR count). The van der Waals surface area contributed by atoms with Gasteiger partial charge in [0.1, 0.15) is 5.03 Å². The molecule has 0 aliphatic rings. The van der Waals surface area contributed by atoms with Gasteiger partial charge in [-0.1, -0.05) is 11.6 Å². The molecular formula is C10H8ClNO4S. The first kappa shape index (κ1) is 11.9. The third-order valence-corrected chi connectivity index (χ3v) is 3.46. The van der Waals surface area contributed by atoms with Crippen molar-refractivity contribution in [2.24, 2.45) is 0 Å². The topological polar surface area (TPSA) is 80.1 Å². The number of carbonyl (C=O) groups is 1. The van der Waals surface area contributed by atoms with Gasteiger partial charge in [0, 0.05) is 6.26 Å². The average Bonchev–Trinajstić information content (AvgIpc) is 2.83. The van der Waals surface area contributed by atoms with Crippen LogP contribution in [0.1, 0.15) is 16.2 Å². The predicted molar refractivity (Wildman–Crippen MR) is 61.1 cm³/mol. The molecule has 2 aromatic heterocycles. The number of ketones is 1. The molecule has 2 aromatic rings. The Morgan fingerprint density at radius 3 is 2.53 bits per heavy atom. The summed E-state index contributed by atoms with van der Waals surface area (Å²) in [5, 5.41) is 0.161. The van der Waals surface area contributed by atoms with Crippen LogP contribution in [-0.4, -0.2) is 25.4 Å². The second kappa shape index (κ2) is 4.05. The molecule has 0 aromatic carbocycles. The molecule has 0 unspecified atom stereocenters. The molecule has 2 heterocycles. The van der Waals surface area contributed by atoms with Crippen molar-refractivity contribution in [3.8, 4) is 0 Å². The first-order valence-corrected chi connectivity index (χ1v) is 6.83. The standard InChI is InChI=1S/C10H8ClNO4S/c1-17(14,15)8-3-2-7(12-8)9(13)10-6(11)4-5-16-10/h2-5,12H,1H3. The van der Waals surface area contributed by atoms with Gasteiger partial charge >= 0.3 is 0 Å². The Bertz CT molecular complexity index is 668. The molecule has 0 saturated carbocycles.